The van der Waals surface area contributed by atoms with Crippen LogP contribution in [-0.4, -0.2) is 49.5 Å². The minimum absolute atomic E-state index is 0.0797. The standard InChI is InChI=1S/C26H29N3O4/c1-26(2,3)25(31)28-18-10-8-7-9-15(18)16-11-13-27-21-19(16)22(32-5)17-12-14-29(4)24(30)20(17)23(21)33-6/h7-11,13H,12,14H2,1-6H3,(H,28,31). The number of aromatic nitrogens is 1. The SMILES string of the molecule is COc1c2c(c(OC)c3c(-c4ccccc4NC(=O)C(C)(C)C)ccnc13)CCN(C)C2=O. The van der Waals surface area contributed by atoms with E-state index in [9.17, 15) is 9.59 Å². The first-order valence-electron chi connectivity index (χ1n) is 10.9. The number of benzene rings is 2. The van der Waals surface area contributed by atoms with E-state index in [-0.39, 0.29) is 11.8 Å². The summed E-state index contributed by atoms with van der Waals surface area (Å²) in [5.74, 6) is 0.861. The monoisotopic (exact) mass is 447 g/mol. The van der Waals surface area contributed by atoms with Gasteiger partial charge in [0, 0.05) is 42.0 Å². The number of hydrogen-bond acceptors (Lipinski definition) is 5. The fraction of sp³-hybridized carbons (Fsp3) is 0.346. The molecule has 2 amide bonds. The second-order valence-electron chi connectivity index (χ2n) is 9.23. The van der Waals surface area contributed by atoms with Crippen LogP contribution in [0.3, 0.4) is 0 Å². The van der Waals surface area contributed by atoms with Crippen LogP contribution in [0, 0.1) is 5.41 Å². The fourth-order valence-electron chi connectivity index (χ4n) is 4.21. The van der Waals surface area contributed by atoms with Crippen molar-refractivity contribution in [3.05, 3.63) is 47.7 Å². The van der Waals surface area contributed by atoms with Gasteiger partial charge in [-0.2, -0.15) is 0 Å². The summed E-state index contributed by atoms with van der Waals surface area (Å²) in [4.78, 5) is 32.1. The van der Waals surface area contributed by atoms with Crippen LogP contribution in [0.1, 0.15) is 36.7 Å². The van der Waals surface area contributed by atoms with E-state index in [2.05, 4.69) is 10.3 Å². The normalized spacial score (nSPS) is 13.6. The molecule has 0 bridgehead atoms. The molecule has 172 valence electrons. The molecule has 1 N–H and O–H groups in total. The molecule has 2 heterocycles. The Morgan fingerprint density at radius 3 is 2.42 bits per heavy atom. The predicted molar refractivity (Wildman–Crippen MR) is 129 cm³/mol. The molecule has 0 spiro atoms. The van der Waals surface area contributed by atoms with E-state index in [0.29, 0.717) is 41.2 Å². The van der Waals surface area contributed by atoms with Gasteiger partial charge >= 0.3 is 0 Å². The average Bonchev–Trinajstić information content (AvgIpc) is 2.79. The maximum absolute atomic E-state index is 13.0. The first kappa shape index (κ1) is 22.6. The zero-order valence-electron chi connectivity index (χ0n) is 19.9. The van der Waals surface area contributed by atoms with Gasteiger partial charge in [-0.15, -0.1) is 0 Å². The summed E-state index contributed by atoms with van der Waals surface area (Å²) in [6.45, 7) is 6.22. The number of likely N-dealkylation sites (N-methyl/N-ethyl adjacent to an activating group) is 1. The average molecular weight is 448 g/mol. The zero-order chi connectivity index (χ0) is 23.9. The first-order chi connectivity index (χ1) is 15.7. The molecule has 0 atom stereocenters. The van der Waals surface area contributed by atoms with Crippen molar-refractivity contribution in [3.8, 4) is 22.6 Å². The van der Waals surface area contributed by atoms with E-state index in [1.54, 1.807) is 32.4 Å². The number of rotatable bonds is 4. The number of nitrogens with one attached hydrogen (secondary N) is 1. The first-order valence-corrected chi connectivity index (χ1v) is 10.9. The molecule has 4 rings (SSSR count). The number of amides is 2. The van der Waals surface area contributed by atoms with Crippen LogP contribution in [0.2, 0.25) is 0 Å². The number of para-hydroxylation sites is 1. The Hall–Kier alpha value is -3.61. The largest absolute Gasteiger partial charge is 0.496 e. The number of ether oxygens (including phenoxy) is 2. The fourth-order valence-corrected chi connectivity index (χ4v) is 4.21. The van der Waals surface area contributed by atoms with E-state index in [1.807, 2.05) is 51.1 Å². The molecule has 33 heavy (non-hydrogen) atoms. The van der Waals surface area contributed by atoms with E-state index in [1.165, 1.54) is 0 Å². The van der Waals surface area contributed by atoms with Gasteiger partial charge in [-0.05, 0) is 24.1 Å². The van der Waals surface area contributed by atoms with Crippen LogP contribution in [0.15, 0.2) is 36.5 Å². The van der Waals surface area contributed by atoms with Crippen LogP contribution < -0.4 is 14.8 Å². The summed E-state index contributed by atoms with van der Waals surface area (Å²) in [5, 5.41) is 3.82. The zero-order valence-corrected chi connectivity index (χ0v) is 19.9. The Morgan fingerprint density at radius 2 is 1.76 bits per heavy atom. The molecule has 1 aromatic heterocycles. The highest BCUT2D eigenvalue weighted by Gasteiger charge is 2.33. The molecule has 3 aromatic rings. The Balaban J connectivity index is 2.03. The van der Waals surface area contributed by atoms with Crippen LogP contribution in [-0.2, 0) is 11.2 Å². The van der Waals surface area contributed by atoms with Crippen LogP contribution in [0.25, 0.3) is 22.0 Å². The van der Waals surface area contributed by atoms with Gasteiger partial charge in [0.1, 0.15) is 11.3 Å². The van der Waals surface area contributed by atoms with Crippen molar-refractivity contribution < 1.29 is 19.1 Å². The van der Waals surface area contributed by atoms with E-state index in [4.69, 9.17) is 9.47 Å². The third-order valence-electron chi connectivity index (χ3n) is 6.01. The molecule has 1 aliphatic heterocycles. The van der Waals surface area contributed by atoms with Crippen LogP contribution >= 0.6 is 0 Å². The maximum atomic E-state index is 13.0. The maximum Gasteiger partial charge on any atom is 0.257 e. The molecule has 0 fully saturated rings. The van der Waals surface area contributed by atoms with Gasteiger partial charge in [0.05, 0.1) is 25.2 Å². The quantitative estimate of drug-likeness (QED) is 0.636. The smallest absolute Gasteiger partial charge is 0.257 e. The summed E-state index contributed by atoms with van der Waals surface area (Å²) >= 11 is 0. The molecule has 7 heteroatoms. The number of anilines is 1. The van der Waals surface area contributed by atoms with Crippen molar-refractivity contribution in [3.63, 3.8) is 0 Å². The van der Waals surface area contributed by atoms with Crippen molar-refractivity contribution in [2.24, 2.45) is 5.41 Å². The summed E-state index contributed by atoms with van der Waals surface area (Å²) in [6.07, 6.45) is 2.33. The summed E-state index contributed by atoms with van der Waals surface area (Å²) < 4.78 is 11.6. The van der Waals surface area contributed by atoms with Gasteiger partial charge in [0.2, 0.25) is 5.91 Å². The van der Waals surface area contributed by atoms with E-state index < -0.39 is 5.41 Å². The lowest BCUT2D eigenvalue weighted by Crippen LogP contribution is -2.35. The van der Waals surface area contributed by atoms with Crippen LogP contribution in [0.5, 0.6) is 11.5 Å². The number of nitrogens with zero attached hydrogens (tertiary/aromatic N) is 2. The number of carbonyl (C=O) groups is 2. The van der Waals surface area contributed by atoms with Crippen LogP contribution in [0.4, 0.5) is 5.69 Å². The lowest BCUT2D eigenvalue weighted by molar-refractivity contribution is -0.123. The van der Waals surface area contributed by atoms with Crippen molar-refractivity contribution in [2.75, 3.05) is 33.1 Å². The summed E-state index contributed by atoms with van der Waals surface area (Å²) in [6, 6.07) is 9.55. The number of fused-ring (bicyclic) bond motifs is 2. The molecular formula is C26H29N3O4. The van der Waals surface area contributed by atoms with Gasteiger partial charge in [-0.1, -0.05) is 39.0 Å². The second-order valence-corrected chi connectivity index (χ2v) is 9.23. The Labute approximate surface area is 193 Å². The third-order valence-corrected chi connectivity index (χ3v) is 6.01. The molecule has 0 aliphatic carbocycles. The van der Waals surface area contributed by atoms with Gasteiger partial charge < -0.3 is 19.7 Å². The van der Waals surface area contributed by atoms with E-state index >= 15 is 0 Å². The molecule has 7 nitrogen and oxygen atoms in total. The van der Waals surface area contributed by atoms with E-state index in [0.717, 1.165) is 22.1 Å². The molecule has 0 unspecified atom stereocenters. The minimum Gasteiger partial charge on any atom is -0.496 e. The van der Waals surface area contributed by atoms with Gasteiger partial charge in [-0.25, -0.2) is 0 Å². The van der Waals surface area contributed by atoms with Gasteiger partial charge in [0.15, 0.2) is 5.75 Å². The highest BCUT2D eigenvalue weighted by Crippen LogP contribution is 2.46. The number of hydrogen-bond donors (Lipinski definition) is 1. The minimum atomic E-state index is -0.542. The Bertz CT molecular complexity index is 1260. The molecule has 0 saturated heterocycles. The Kier molecular flexibility index (Phi) is 5.74. The third kappa shape index (κ3) is 3.77. The molecular weight excluding hydrogens is 418 g/mol. The molecule has 0 saturated carbocycles. The number of carbonyl (C=O) groups excluding carboxylic acids is 2. The predicted octanol–water partition coefficient (Wildman–Crippen LogP) is 4.53. The van der Waals surface area contributed by atoms with Gasteiger partial charge in [0.25, 0.3) is 5.91 Å². The summed E-state index contributed by atoms with van der Waals surface area (Å²) in [5.41, 5.74) is 3.69. The lowest BCUT2D eigenvalue weighted by atomic mass is 9.90. The van der Waals surface area contributed by atoms with Crippen molar-refractivity contribution in [2.45, 2.75) is 27.2 Å². The van der Waals surface area contributed by atoms with Crippen molar-refractivity contribution in [1.29, 1.82) is 0 Å². The number of pyridine rings is 1. The summed E-state index contributed by atoms with van der Waals surface area (Å²) in [7, 11) is 4.93. The highest BCUT2D eigenvalue weighted by molar-refractivity contribution is 6.12. The lowest BCUT2D eigenvalue weighted by Gasteiger charge is -2.29. The number of methoxy groups -OCH3 is 2. The highest BCUT2D eigenvalue weighted by atomic mass is 16.5. The molecule has 1 aliphatic rings. The Morgan fingerprint density at radius 1 is 1.06 bits per heavy atom. The van der Waals surface area contributed by atoms with Crippen molar-refractivity contribution in [1.82, 2.24) is 9.88 Å². The van der Waals surface area contributed by atoms with Crippen molar-refractivity contribution >= 4 is 28.4 Å². The molecule has 2 aromatic carbocycles. The second kappa shape index (κ2) is 8.39. The van der Waals surface area contributed by atoms with Gasteiger partial charge in [-0.3, -0.25) is 14.6 Å². The topological polar surface area (TPSA) is 80.8 Å². The molecule has 0 radical (unpaired) electrons.